The lowest BCUT2D eigenvalue weighted by molar-refractivity contribution is 0.407. The molecule has 2 rings (SSSR count). The third-order valence-corrected chi connectivity index (χ3v) is 3.46. The monoisotopic (exact) mass is 299 g/mol. The lowest BCUT2D eigenvalue weighted by atomic mass is 10.1. The van der Waals surface area contributed by atoms with Gasteiger partial charge in [0.05, 0.1) is 13.7 Å². The predicted octanol–water partition coefficient (Wildman–Crippen LogP) is 1.27. The molecule has 22 heavy (non-hydrogen) atoms. The number of hydrogen-bond acceptors (Lipinski definition) is 4. The molecule has 0 amide bonds. The van der Waals surface area contributed by atoms with E-state index in [9.17, 15) is 9.59 Å². The molecule has 2 aromatic rings. The van der Waals surface area contributed by atoms with Crippen LogP contribution in [-0.4, -0.2) is 16.2 Å². The van der Waals surface area contributed by atoms with Crippen molar-refractivity contribution in [3.63, 3.8) is 0 Å². The van der Waals surface area contributed by atoms with Crippen molar-refractivity contribution >= 4 is 0 Å². The van der Waals surface area contributed by atoms with Crippen molar-refractivity contribution in [3.05, 3.63) is 61.9 Å². The van der Waals surface area contributed by atoms with Crippen molar-refractivity contribution < 1.29 is 4.74 Å². The zero-order chi connectivity index (χ0) is 16.3. The number of methoxy groups -OCH3 is 1. The SMILES string of the molecule is CCn1cc(C#N)c(=O)n(Cc2cc(C)ccc2OC)c1=O. The fourth-order valence-electron chi connectivity index (χ4n) is 2.30. The van der Waals surface area contributed by atoms with Crippen LogP contribution in [0, 0.1) is 18.3 Å². The van der Waals surface area contributed by atoms with Crippen LogP contribution < -0.4 is 16.0 Å². The Balaban J connectivity index is 2.65. The van der Waals surface area contributed by atoms with E-state index in [0.717, 1.165) is 15.7 Å². The number of aryl methyl sites for hydroxylation is 2. The molecule has 0 fully saturated rings. The van der Waals surface area contributed by atoms with Crippen LogP contribution >= 0.6 is 0 Å². The molecule has 6 heteroatoms. The Kier molecular flexibility index (Phi) is 4.47. The predicted molar refractivity (Wildman–Crippen MR) is 82.2 cm³/mol. The zero-order valence-electron chi connectivity index (χ0n) is 12.8. The third-order valence-electron chi connectivity index (χ3n) is 3.46. The number of hydrogen-bond donors (Lipinski definition) is 0. The highest BCUT2D eigenvalue weighted by atomic mass is 16.5. The molecular weight excluding hydrogens is 282 g/mol. The van der Waals surface area contributed by atoms with Gasteiger partial charge in [0.25, 0.3) is 5.56 Å². The molecule has 1 heterocycles. The molecule has 114 valence electrons. The van der Waals surface area contributed by atoms with Crippen molar-refractivity contribution in [2.45, 2.75) is 26.9 Å². The summed E-state index contributed by atoms with van der Waals surface area (Å²) in [5.41, 5.74) is 0.652. The number of benzene rings is 1. The van der Waals surface area contributed by atoms with Crippen LogP contribution in [0.15, 0.2) is 34.0 Å². The van der Waals surface area contributed by atoms with Gasteiger partial charge in [-0.05, 0) is 19.9 Å². The van der Waals surface area contributed by atoms with Gasteiger partial charge in [0.1, 0.15) is 17.4 Å². The molecule has 0 saturated heterocycles. The first-order valence-corrected chi connectivity index (χ1v) is 6.89. The van der Waals surface area contributed by atoms with Gasteiger partial charge in [-0.25, -0.2) is 4.79 Å². The van der Waals surface area contributed by atoms with Crippen molar-refractivity contribution in [3.8, 4) is 11.8 Å². The summed E-state index contributed by atoms with van der Waals surface area (Å²) in [5.74, 6) is 0.599. The van der Waals surface area contributed by atoms with Gasteiger partial charge in [0, 0.05) is 18.3 Å². The highest BCUT2D eigenvalue weighted by Crippen LogP contribution is 2.19. The first-order chi connectivity index (χ1) is 10.5. The zero-order valence-corrected chi connectivity index (χ0v) is 12.8. The minimum atomic E-state index is -0.583. The first kappa shape index (κ1) is 15.6. The molecular formula is C16H17N3O3. The fraction of sp³-hybridized carbons (Fsp3) is 0.312. The molecule has 0 aliphatic heterocycles. The van der Waals surface area contributed by atoms with E-state index in [-0.39, 0.29) is 12.1 Å². The van der Waals surface area contributed by atoms with Gasteiger partial charge in [-0.2, -0.15) is 5.26 Å². The van der Waals surface area contributed by atoms with Crippen molar-refractivity contribution in [1.82, 2.24) is 9.13 Å². The molecule has 6 nitrogen and oxygen atoms in total. The van der Waals surface area contributed by atoms with Gasteiger partial charge in [-0.1, -0.05) is 17.7 Å². The average Bonchev–Trinajstić information content (AvgIpc) is 2.52. The largest absolute Gasteiger partial charge is 0.496 e. The van der Waals surface area contributed by atoms with Crippen LogP contribution in [0.3, 0.4) is 0 Å². The van der Waals surface area contributed by atoms with E-state index in [1.165, 1.54) is 17.9 Å². The van der Waals surface area contributed by atoms with Gasteiger partial charge in [-0.3, -0.25) is 13.9 Å². The molecule has 1 aromatic heterocycles. The van der Waals surface area contributed by atoms with Gasteiger partial charge in [0.15, 0.2) is 0 Å². The summed E-state index contributed by atoms with van der Waals surface area (Å²) in [6, 6.07) is 7.38. The molecule has 1 aromatic carbocycles. The second-order valence-electron chi connectivity index (χ2n) is 4.93. The Hall–Kier alpha value is -2.81. The number of ether oxygens (including phenoxy) is 1. The Morgan fingerprint density at radius 3 is 2.64 bits per heavy atom. The minimum absolute atomic E-state index is 0.0481. The molecule has 0 bridgehead atoms. The number of nitrogens with zero attached hydrogens (tertiary/aromatic N) is 3. The van der Waals surface area contributed by atoms with E-state index >= 15 is 0 Å². The van der Waals surface area contributed by atoms with E-state index in [1.807, 2.05) is 25.1 Å². The Morgan fingerprint density at radius 2 is 2.05 bits per heavy atom. The Morgan fingerprint density at radius 1 is 1.32 bits per heavy atom. The van der Waals surface area contributed by atoms with E-state index in [2.05, 4.69) is 0 Å². The smallest absolute Gasteiger partial charge is 0.331 e. The minimum Gasteiger partial charge on any atom is -0.496 e. The van der Waals surface area contributed by atoms with Gasteiger partial charge in [-0.15, -0.1) is 0 Å². The van der Waals surface area contributed by atoms with Crippen LogP contribution in [0.2, 0.25) is 0 Å². The summed E-state index contributed by atoms with van der Waals surface area (Å²) < 4.78 is 7.69. The maximum atomic E-state index is 12.4. The van der Waals surface area contributed by atoms with Crippen LogP contribution in [0.4, 0.5) is 0 Å². The summed E-state index contributed by atoms with van der Waals surface area (Å²) in [4.78, 5) is 24.6. The third kappa shape index (κ3) is 2.79. The van der Waals surface area contributed by atoms with E-state index in [0.29, 0.717) is 12.3 Å². The van der Waals surface area contributed by atoms with Crippen LogP contribution in [-0.2, 0) is 13.1 Å². The molecule has 0 radical (unpaired) electrons. The van der Waals surface area contributed by atoms with Crippen molar-refractivity contribution in [2.24, 2.45) is 0 Å². The molecule has 0 N–H and O–H groups in total. The fourth-order valence-corrected chi connectivity index (χ4v) is 2.30. The summed E-state index contributed by atoms with van der Waals surface area (Å²) in [6.07, 6.45) is 1.30. The molecule has 0 aliphatic rings. The van der Waals surface area contributed by atoms with Crippen molar-refractivity contribution in [1.29, 1.82) is 5.26 Å². The summed E-state index contributed by atoms with van der Waals surface area (Å²) in [7, 11) is 1.53. The van der Waals surface area contributed by atoms with Gasteiger partial charge >= 0.3 is 5.69 Å². The van der Waals surface area contributed by atoms with Gasteiger partial charge in [0.2, 0.25) is 0 Å². The first-order valence-electron chi connectivity index (χ1n) is 6.89. The van der Waals surface area contributed by atoms with E-state index in [4.69, 9.17) is 10.00 Å². The maximum absolute atomic E-state index is 12.4. The second-order valence-corrected chi connectivity index (χ2v) is 4.93. The number of aromatic nitrogens is 2. The van der Waals surface area contributed by atoms with Gasteiger partial charge < -0.3 is 4.74 Å². The molecule has 0 unspecified atom stereocenters. The van der Waals surface area contributed by atoms with Crippen LogP contribution in [0.1, 0.15) is 23.6 Å². The summed E-state index contributed by atoms with van der Waals surface area (Å²) >= 11 is 0. The lowest BCUT2D eigenvalue weighted by Gasteiger charge is -2.12. The highest BCUT2D eigenvalue weighted by molar-refractivity contribution is 5.37. The molecule has 0 saturated carbocycles. The number of nitriles is 1. The van der Waals surface area contributed by atoms with E-state index < -0.39 is 11.2 Å². The lowest BCUT2D eigenvalue weighted by Crippen LogP contribution is -2.41. The quantitative estimate of drug-likeness (QED) is 0.851. The highest BCUT2D eigenvalue weighted by Gasteiger charge is 2.13. The Bertz CT molecular complexity index is 856. The summed E-state index contributed by atoms with van der Waals surface area (Å²) in [5, 5.41) is 9.06. The van der Waals surface area contributed by atoms with Crippen molar-refractivity contribution in [2.75, 3.05) is 7.11 Å². The standard InChI is InChI=1S/C16H17N3O3/c1-4-18-9-13(8-17)15(20)19(16(18)21)10-12-7-11(2)5-6-14(12)22-3/h5-7,9H,4,10H2,1-3H3. The number of rotatable bonds is 4. The molecule has 0 spiro atoms. The maximum Gasteiger partial charge on any atom is 0.331 e. The average molecular weight is 299 g/mol. The normalized spacial score (nSPS) is 10.3. The summed E-state index contributed by atoms with van der Waals surface area (Å²) in [6.45, 7) is 4.16. The van der Waals surface area contributed by atoms with E-state index in [1.54, 1.807) is 13.0 Å². The molecule has 0 aliphatic carbocycles. The Labute approximate surface area is 127 Å². The van der Waals surface area contributed by atoms with Crippen LogP contribution in [0.25, 0.3) is 0 Å². The second kappa shape index (κ2) is 6.31. The topological polar surface area (TPSA) is 77.0 Å². The molecule has 0 atom stereocenters. The van der Waals surface area contributed by atoms with Crippen LogP contribution in [0.5, 0.6) is 5.75 Å².